The highest BCUT2D eigenvalue weighted by Gasteiger charge is 2.25. The van der Waals surface area contributed by atoms with Crippen LogP contribution in [-0.4, -0.2) is 18.2 Å². The van der Waals surface area contributed by atoms with Crippen molar-refractivity contribution in [3.63, 3.8) is 0 Å². The normalized spacial score (nSPS) is 17.4. The molecule has 1 aliphatic rings. The first-order valence-electron chi connectivity index (χ1n) is 7.21. The van der Waals surface area contributed by atoms with Gasteiger partial charge in [-0.3, -0.25) is 0 Å². The van der Waals surface area contributed by atoms with Crippen LogP contribution in [0.15, 0.2) is 40.9 Å². The second kappa shape index (κ2) is 6.91. The quantitative estimate of drug-likeness (QED) is 0.825. The zero-order chi connectivity index (χ0) is 13.1. The smallest absolute Gasteiger partial charge is 0.194 e. The SMILES string of the molecule is CC(c1cc(-c2ccccc2)no1)[NH+]1CCCCC1.[Cl-]. The third-order valence-electron chi connectivity index (χ3n) is 4.13. The average molecular weight is 293 g/mol. The molecule has 1 aromatic heterocycles. The van der Waals surface area contributed by atoms with E-state index in [2.05, 4.69) is 30.3 Å². The van der Waals surface area contributed by atoms with Crippen LogP contribution in [0.25, 0.3) is 11.3 Å². The fourth-order valence-electron chi connectivity index (χ4n) is 2.88. The summed E-state index contributed by atoms with van der Waals surface area (Å²) < 4.78 is 5.56. The largest absolute Gasteiger partial charge is 1.00 e. The van der Waals surface area contributed by atoms with Gasteiger partial charge in [-0.2, -0.15) is 0 Å². The third kappa shape index (κ3) is 3.22. The lowest BCUT2D eigenvalue weighted by atomic mass is 10.1. The summed E-state index contributed by atoms with van der Waals surface area (Å²) in [5.41, 5.74) is 2.07. The van der Waals surface area contributed by atoms with Crippen molar-refractivity contribution in [3.05, 3.63) is 42.2 Å². The van der Waals surface area contributed by atoms with Crippen molar-refractivity contribution >= 4 is 0 Å². The molecule has 0 spiro atoms. The summed E-state index contributed by atoms with van der Waals surface area (Å²) in [4.78, 5) is 1.63. The first-order valence-corrected chi connectivity index (χ1v) is 7.21. The van der Waals surface area contributed by atoms with E-state index in [0.29, 0.717) is 6.04 Å². The monoisotopic (exact) mass is 292 g/mol. The van der Waals surface area contributed by atoms with Crippen molar-refractivity contribution < 1.29 is 21.8 Å². The molecule has 0 amide bonds. The Kier molecular flexibility index (Phi) is 5.21. The Labute approximate surface area is 126 Å². The van der Waals surface area contributed by atoms with Gasteiger partial charge in [0.25, 0.3) is 0 Å². The van der Waals surface area contributed by atoms with Gasteiger partial charge in [0.05, 0.1) is 13.1 Å². The van der Waals surface area contributed by atoms with E-state index in [1.165, 1.54) is 32.4 Å². The molecule has 1 atom stereocenters. The first kappa shape index (κ1) is 15.1. The van der Waals surface area contributed by atoms with Gasteiger partial charge < -0.3 is 21.8 Å². The van der Waals surface area contributed by atoms with Crippen LogP contribution in [0.5, 0.6) is 0 Å². The fraction of sp³-hybridized carbons (Fsp3) is 0.438. The van der Waals surface area contributed by atoms with Gasteiger partial charge in [0.2, 0.25) is 0 Å². The number of nitrogens with zero attached hydrogens (tertiary/aromatic N) is 1. The van der Waals surface area contributed by atoms with Gasteiger partial charge in [-0.25, -0.2) is 0 Å². The van der Waals surface area contributed by atoms with E-state index in [4.69, 9.17) is 4.52 Å². The Morgan fingerprint density at radius 1 is 1.10 bits per heavy atom. The standard InChI is InChI=1S/C16H20N2O.ClH/c1-13(18-10-6-3-7-11-18)16-12-15(17-19-16)14-8-4-2-5-9-14;/h2,4-5,8-9,12-13H,3,6-7,10-11H2,1H3;1H. The molecule has 1 unspecified atom stereocenters. The van der Waals surface area contributed by atoms with Crippen molar-refractivity contribution in [2.45, 2.75) is 32.2 Å². The van der Waals surface area contributed by atoms with E-state index in [0.717, 1.165) is 17.0 Å². The minimum Gasteiger partial charge on any atom is -1.00 e. The summed E-state index contributed by atoms with van der Waals surface area (Å²) in [6.07, 6.45) is 4.04. The van der Waals surface area contributed by atoms with Crippen LogP contribution in [0.1, 0.15) is 38.0 Å². The van der Waals surface area contributed by atoms with Gasteiger partial charge in [-0.15, -0.1) is 0 Å². The van der Waals surface area contributed by atoms with Gasteiger partial charge >= 0.3 is 0 Å². The molecular weight excluding hydrogens is 272 g/mol. The van der Waals surface area contributed by atoms with Crippen molar-refractivity contribution in [2.75, 3.05) is 13.1 Å². The number of quaternary nitrogens is 1. The van der Waals surface area contributed by atoms with E-state index in [1.807, 2.05) is 18.2 Å². The Hall–Kier alpha value is -1.32. The Bertz CT molecular complexity index is 520. The number of halogens is 1. The van der Waals surface area contributed by atoms with Gasteiger partial charge in [0, 0.05) is 11.6 Å². The zero-order valence-corrected chi connectivity index (χ0v) is 12.6. The summed E-state index contributed by atoms with van der Waals surface area (Å²) in [7, 11) is 0. The summed E-state index contributed by atoms with van der Waals surface area (Å²) >= 11 is 0. The molecule has 3 nitrogen and oxygen atoms in total. The Balaban J connectivity index is 0.00000147. The summed E-state index contributed by atoms with van der Waals surface area (Å²) in [6, 6.07) is 12.7. The van der Waals surface area contributed by atoms with Crippen LogP contribution >= 0.6 is 0 Å². The van der Waals surface area contributed by atoms with Gasteiger partial charge in [0.15, 0.2) is 5.76 Å². The Morgan fingerprint density at radius 3 is 2.50 bits per heavy atom. The van der Waals surface area contributed by atoms with Crippen LogP contribution in [0, 0.1) is 0 Å². The Morgan fingerprint density at radius 2 is 1.80 bits per heavy atom. The van der Waals surface area contributed by atoms with Crippen molar-refractivity contribution in [1.29, 1.82) is 0 Å². The lowest BCUT2D eigenvalue weighted by Crippen LogP contribution is -3.12. The second-order valence-corrected chi connectivity index (χ2v) is 5.42. The maximum absolute atomic E-state index is 5.56. The zero-order valence-electron chi connectivity index (χ0n) is 11.8. The molecule has 108 valence electrons. The molecule has 0 saturated carbocycles. The summed E-state index contributed by atoms with van der Waals surface area (Å²) in [5, 5.41) is 4.21. The van der Waals surface area contributed by atoms with E-state index in [1.54, 1.807) is 4.90 Å². The van der Waals surface area contributed by atoms with E-state index >= 15 is 0 Å². The molecule has 4 heteroatoms. The van der Waals surface area contributed by atoms with E-state index in [-0.39, 0.29) is 12.4 Å². The van der Waals surface area contributed by atoms with Crippen LogP contribution in [0.4, 0.5) is 0 Å². The van der Waals surface area contributed by atoms with E-state index < -0.39 is 0 Å². The number of aromatic nitrogens is 1. The van der Waals surface area contributed by atoms with Crippen LogP contribution in [0.2, 0.25) is 0 Å². The minimum atomic E-state index is 0. The number of benzene rings is 1. The molecular formula is C16H21ClN2O. The molecule has 0 bridgehead atoms. The number of nitrogens with one attached hydrogen (secondary N) is 1. The van der Waals surface area contributed by atoms with Crippen LogP contribution in [0.3, 0.4) is 0 Å². The van der Waals surface area contributed by atoms with Gasteiger partial charge in [-0.05, 0) is 26.2 Å². The molecule has 3 rings (SSSR count). The predicted octanol–water partition coefficient (Wildman–Crippen LogP) is -0.525. The highest BCUT2D eigenvalue weighted by Crippen LogP contribution is 2.21. The number of hydrogen-bond donors (Lipinski definition) is 1. The lowest BCUT2D eigenvalue weighted by Gasteiger charge is -2.27. The molecule has 2 heterocycles. The van der Waals surface area contributed by atoms with Crippen molar-refractivity contribution in [2.24, 2.45) is 0 Å². The van der Waals surface area contributed by atoms with Crippen LogP contribution < -0.4 is 17.3 Å². The molecule has 0 radical (unpaired) electrons. The fourth-order valence-corrected chi connectivity index (χ4v) is 2.88. The summed E-state index contributed by atoms with van der Waals surface area (Å²) in [5.74, 6) is 1.01. The first-order chi connectivity index (χ1) is 9.34. The molecule has 1 fully saturated rings. The predicted molar refractivity (Wildman–Crippen MR) is 74.9 cm³/mol. The molecule has 0 aliphatic carbocycles. The average Bonchev–Trinajstić information content (AvgIpc) is 2.98. The maximum atomic E-state index is 5.56. The number of piperidine rings is 1. The lowest BCUT2D eigenvalue weighted by molar-refractivity contribution is -0.935. The van der Waals surface area contributed by atoms with Crippen molar-refractivity contribution in [1.82, 2.24) is 5.16 Å². The molecule has 1 aromatic carbocycles. The highest BCUT2D eigenvalue weighted by atomic mass is 35.5. The highest BCUT2D eigenvalue weighted by molar-refractivity contribution is 5.58. The number of hydrogen-bond acceptors (Lipinski definition) is 2. The topological polar surface area (TPSA) is 30.5 Å². The second-order valence-electron chi connectivity index (χ2n) is 5.42. The van der Waals surface area contributed by atoms with Crippen LogP contribution in [-0.2, 0) is 0 Å². The van der Waals surface area contributed by atoms with Gasteiger partial charge in [-0.1, -0.05) is 35.5 Å². The summed E-state index contributed by atoms with van der Waals surface area (Å²) in [6.45, 7) is 4.75. The molecule has 1 saturated heterocycles. The molecule has 1 aliphatic heterocycles. The van der Waals surface area contributed by atoms with E-state index in [9.17, 15) is 0 Å². The molecule has 2 aromatic rings. The third-order valence-corrected chi connectivity index (χ3v) is 4.13. The molecule has 20 heavy (non-hydrogen) atoms. The number of likely N-dealkylation sites (tertiary alicyclic amines) is 1. The maximum Gasteiger partial charge on any atom is 0.194 e. The minimum absolute atomic E-state index is 0. The van der Waals surface area contributed by atoms with Gasteiger partial charge in [0.1, 0.15) is 11.7 Å². The molecule has 1 N–H and O–H groups in total. The van der Waals surface area contributed by atoms with Crippen molar-refractivity contribution in [3.8, 4) is 11.3 Å². The number of rotatable bonds is 3.